The Morgan fingerprint density at radius 1 is 1.00 bits per heavy atom. The highest BCUT2D eigenvalue weighted by molar-refractivity contribution is 6.07. The van der Waals surface area contributed by atoms with Crippen LogP contribution >= 0.6 is 0 Å². The summed E-state index contributed by atoms with van der Waals surface area (Å²) in [5.74, 6) is -1.56. The van der Waals surface area contributed by atoms with E-state index < -0.39 is 11.9 Å². The minimum absolute atomic E-state index is 0.0209. The van der Waals surface area contributed by atoms with Crippen molar-refractivity contribution in [2.24, 2.45) is 0 Å². The second-order valence-corrected chi connectivity index (χ2v) is 5.39. The van der Waals surface area contributed by atoms with Crippen LogP contribution in [0.15, 0.2) is 53.9 Å². The molecular weight excluding hydrogens is 322 g/mol. The molecule has 1 aromatic carbocycles. The molecule has 1 aromatic rings. The molecule has 2 rings (SSSR count). The largest absolute Gasteiger partial charge is 0.465 e. The van der Waals surface area contributed by atoms with Crippen molar-refractivity contribution >= 4 is 23.4 Å². The van der Waals surface area contributed by atoms with Crippen molar-refractivity contribution in [3.05, 3.63) is 65.0 Å². The summed E-state index contributed by atoms with van der Waals surface area (Å²) in [4.78, 5) is 38.1. The minimum Gasteiger partial charge on any atom is -0.465 e. The molecular formula is C19H19NO5. The number of Topliss-reactive ketones (excluding diaryl/α,β-unsaturated/α-hetero) is 1. The molecule has 0 aromatic heterocycles. The van der Waals surface area contributed by atoms with Gasteiger partial charge in [-0.05, 0) is 43.7 Å². The van der Waals surface area contributed by atoms with Gasteiger partial charge in [0.05, 0.1) is 25.5 Å². The molecule has 6 nitrogen and oxygen atoms in total. The third-order valence-corrected chi connectivity index (χ3v) is 3.68. The number of hydrogen-bond acceptors (Lipinski definition) is 6. The quantitative estimate of drug-likeness (QED) is 0.619. The summed E-state index contributed by atoms with van der Waals surface area (Å²) in [6.45, 7) is 3.31. The first-order valence-corrected chi connectivity index (χ1v) is 7.57. The Morgan fingerprint density at radius 3 is 2.28 bits per heavy atom. The Labute approximate surface area is 146 Å². The first kappa shape index (κ1) is 18.2. The third kappa shape index (κ3) is 3.68. The molecule has 0 spiro atoms. The van der Waals surface area contributed by atoms with Crippen molar-refractivity contribution < 1.29 is 23.9 Å². The molecule has 0 bridgehead atoms. The number of carbonyl (C=O) groups excluding carboxylic acids is 3. The van der Waals surface area contributed by atoms with Crippen molar-refractivity contribution in [2.45, 2.75) is 13.8 Å². The Balaban J connectivity index is 2.78. The minimum atomic E-state index is -0.715. The standard InChI is InChI=1S/C19H19NO5/c1-12-8-9-14(13(2)21)16(11-12)20-10-6-5-7-15(18(22)24-3)17(20)19(23)25-4/h5-11H,1-4H3. The number of ketones is 1. The predicted molar refractivity (Wildman–Crippen MR) is 93.0 cm³/mol. The topological polar surface area (TPSA) is 72.9 Å². The van der Waals surface area contributed by atoms with Crippen LogP contribution in [0.3, 0.4) is 0 Å². The smallest absolute Gasteiger partial charge is 0.355 e. The summed E-state index contributed by atoms with van der Waals surface area (Å²) in [6, 6.07) is 5.26. The molecule has 6 heteroatoms. The first-order valence-electron chi connectivity index (χ1n) is 7.57. The molecule has 0 amide bonds. The molecule has 0 saturated heterocycles. The maximum Gasteiger partial charge on any atom is 0.355 e. The average molecular weight is 341 g/mol. The van der Waals surface area contributed by atoms with Gasteiger partial charge >= 0.3 is 11.9 Å². The van der Waals surface area contributed by atoms with E-state index in [4.69, 9.17) is 9.47 Å². The van der Waals surface area contributed by atoms with E-state index in [-0.39, 0.29) is 17.1 Å². The fourth-order valence-corrected chi connectivity index (χ4v) is 2.49. The van der Waals surface area contributed by atoms with Crippen LogP contribution in [0.4, 0.5) is 5.69 Å². The molecule has 0 saturated carbocycles. The number of allylic oxidation sites excluding steroid dienone is 2. The van der Waals surface area contributed by atoms with Crippen LogP contribution in [0.2, 0.25) is 0 Å². The Kier molecular flexibility index (Phi) is 5.54. The van der Waals surface area contributed by atoms with Crippen LogP contribution in [0.5, 0.6) is 0 Å². The maximum atomic E-state index is 12.4. The average Bonchev–Trinajstić information content (AvgIpc) is 2.82. The maximum absolute atomic E-state index is 12.4. The molecule has 0 fully saturated rings. The molecule has 1 aliphatic heterocycles. The zero-order valence-corrected chi connectivity index (χ0v) is 14.5. The summed E-state index contributed by atoms with van der Waals surface area (Å²) >= 11 is 0. The first-order chi connectivity index (χ1) is 11.9. The summed E-state index contributed by atoms with van der Waals surface area (Å²) in [5, 5.41) is 0. The van der Waals surface area contributed by atoms with Gasteiger partial charge in [0.2, 0.25) is 0 Å². The van der Waals surface area contributed by atoms with E-state index >= 15 is 0 Å². The van der Waals surface area contributed by atoms with Gasteiger partial charge in [-0.3, -0.25) is 4.79 Å². The lowest BCUT2D eigenvalue weighted by Crippen LogP contribution is -2.28. The molecule has 1 aliphatic rings. The van der Waals surface area contributed by atoms with E-state index in [1.165, 1.54) is 32.1 Å². The number of nitrogens with zero attached hydrogens (tertiary/aromatic N) is 1. The lowest BCUT2D eigenvalue weighted by Gasteiger charge is -2.25. The SMILES string of the molecule is COC(=O)C1=C(C(=O)OC)N(c2cc(C)ccc2C(C)=O)C=CC=C1. The monoisotopic (exact) mass is 341 g/mol. The van der Waals surface area contributed by atoms with E-state index in [1.54, 1.807) is 30.5 Å². The number of hydrogen-bond donors (Lipinski definition) is 0. The van der Waals surface area contributed by atoms with Crippen molar-refractivity contribution in [2.75, 3.05) is 19.1 Å². The van der Waals surface area contributed by atoms with E-state index in [9.17, 15) is 14.4 Å². The van der Waals surface area contributed by atoms with Crippen LogP contribution in [0.25, 0.3) is 0 Å². The Hall–Kier alpha value is -3.15. The van der Waals surface area contributed by atoms with Gasteiger partial charge in [0.1, 0.15) is 5.70 Å². The van der Waals surface area contributed by atoms with Gasteiger partial charge < -0.3 is 14.4 Å². The van der Waals surface area contributed by atoms with Gasteiger partial charge in [0.15, 0.2) is 5.78 Å². The molecule has 1 heterocycles. The summed E-state index contributed by atoms with van der Waals surface area (Å²) < 4.78 is 9.63. The van der Waals surface area contributed by atoms with Gasteiger partial charge in [0, 0.05) is 11.8 Å². The van der Waals surface area contributed by atoms with E-state index in [1.807, 2.05) is 13.0 Å². The molecule has 0 aliphatic carbocycles. The van der Waals surface area contributed by atoms with E-state index in [0.29, 0.717) is 11.3 Å². The summed E-state index contributed by atoms with van der Waals surface area (Å²) in [6.07, 6.45) is 6.33. The van der Waals surface area contributed by atoms with Gasteiger partial charge in [-0.15, -0.1) is 0 Å². The third-order valence-electron chi connectivity index (χ3n) is 3.68. The number of benzene rings is 1. The van der Waals surface area contributed by atoms with Crippen LogP contribution in [-0.4, -0.2) is 31.9 Å². The fourth-order valence-electron chi connectivity index (χ4n) is 2.49. The lowest BCUT2D eigenvalue weighted by molar-refractivity contribution is -0.139. The van der Waals surface area contributed by atoms with Gasteiger partial charge in [-0.25, -0.2) is 9.59 Å². The molecule has 0 atom stereocenters. The predicted octanol–water partition coefficient (Wildman–Crippen LogP) is 2.69. The highest BCUT2D eigenvalue weighted by Gasteiger charge is 2.29. The molecule has 0 unspecified atom stereocenters. The van der Waals surface area contributed by atoms with Crippen LogP contribution in [0.1, 0.15) is 22.8 Å². The van der Waals surface area contributed by atoms with E-state index in [2.05, 4.69) is 0 Å². The number of aryl methyl sites for hydroxylation is 1. The molecule has 0 N–H and O–H groups in total. The van der Waals surface area contributed by atoms with Crippen LogP contribution in [-0.2, 0) is 19.1 Å². The zero-order valence-electron chi connectivity index (χ0n) is 14.5. The number of ether oxygens (including phenoxy) is 2. The van der Waals surface area contributed by atoms with Gasteiger partial charge in [-0.2, -0.15) is 0 Å². The number of rotatable bonds is 4. The Bertz CT molecular complexity index is 817. The highest BCUT2D eigenvalue weighted by atomic mass is 16.5. The molecule has 25 heavy (non-hydrogen) atoms. The van der Waals surface area contributed by atoms with E-state index in [0.717, 1.165) is 5.56 Å². The van der Waals surface area contributed by atoms with Crippen LogP contribution < -0.4 is 4.90 Å². The Morgan fingerprint density at radius 2 is 1.68 bits per heavy atom. The number of methoxy groups -OCH3 is 2. The highest BCUT2D eigenvalue weighted by Crippen LogP contribution is 2.30. The molecule has 0 radical (unpaired) electrons. The molecule has 130 valence electrons. The summed E-state index contributed by atoms with van der Waals surface area (Å²) in [5.41, 5.74) is 1.81. The van der Waals surface area contributed by atoms with Crippen molar-refractivity contribution in [1.29, 1.82) is 0 Å². The van der Waals surface area contributed by atoms with Crippen molar-refractivity contribution in [3.8, 4) is 0 Å². The lowest BCUT2D eigenvalue weighted by atomic mass is 10.0. The van der Waals surface area contributed by atoms with Crippen LogP contribution in [0, 0.1) is 6.92 Å². The second kappa shape index (κ2) is 7.61. The number of esters is 2. The zero-order chi connectivity index (χ0) is 18.6. The number of carbonyl (C=O) groups is 3. The van der Waals surface area contributed by atoms with Crippen molar-refractivity contribution in [1.82, 2.24) is 0 Å². The second-order valence-electron chi connectivity index (χ2n) is 5.39. The normalized spacial score (nSPS) is 13.5. The van der Waals surface area contributed by atoms with Gasteiger partial charge in [-0.1, -0.05) is 12.1 Å². The summed E-state index contributed by atoms with van der Waals surface area (Å²) in [7, 11) is 2.46. The number of anilines is 1. The van der Waals surface area contributed by atoms with Gasteiger partial charge in [0.25, 0.3) is 0 Å². The van der Waals surface area contributed by atoms with Crippen molar-refractivity contribution in [3.63, 3.8) is 0 Å². The fraction of sp³-hybridized carbons (Fsp3) is 0.211.